The van der Waals surface area contributed by atoms with Crippen molar-refractivity contribution in [1.29, 1.82) is 0 Å². The van der Waals surface area contributed by atoms with Gasteiger partial charge in [0.25, 0.3) is 0 Å². The summed E-state index contributed by atoms with van der Waals surface area (Å²) in [6.07, 6.45) is 1.78. The van der Waals surface area contributed by atoms with Crippen LogP contribution in [-0.2, 0) is 6.42 Å². The van der Waals surface area contributed by atoms with Crippen molar-refractivity contribution in [1.82, 2.24) is 5.32 Å². The zero-order chi connectivity index (χ0) is 10.4. The summed E-state index contributed by atoms with van der Waals surface area (Å²) >= 11 is 3.24. The van der Waals surface area contributed by atoms with Crippen LogP contribution in [0.2, 0.25) is 0 Å². The normalized spacial score (nSPS) is 10.5. The second kappa shape index (κ2) is 6.14. The molecule has 1 rings (SSSR count). The molecule has 0 spiro atoms. The van der Waals surface area contributed by atoms with Gasteiger partial charge in [-0.1, -0.05) is 28.9 Å². The molecule has 0 amide bonds. The molecule has 0 radical (unpaired) electrons. The standard InChI is InChI=1S/C11H15BrFN/c1-2-14-7-3-4-9-5-6-10(12)8-11(9)13/h5-6,8,14H,2-4,7H2,1H3. The summed E-state index contributed by atoms with van der Waals surface area (Å²) in [5, 5.41) is 3.22. The van der Waals surface area contributed by atoms with E-state index in [4.69, 9.17) is 0 Å². The van der Waals surface area contributed by atoms with Crippen molar-refractivity contribution in [3.05, 3.63) is 34.1 Å². The Labute approximate surface area is 92.8 Å². The number of benzene rings is 1. The van der Waals surface area contributed by atoms with Crippen LogP contribution in [0.3, 0.4) is 0 Å². The second-order valence-electron chi connectivity index (χ2n) is 3.19. The number of nitrogens with one attached hydrogen (secondary N) is 1. The van der Waals surface area contributed by atoms with Gasteiger partial charge >= 0.3 is 0 Å². The molecule has 78 valence electrons. The van der Waals surface area contributed by atoms with E-state index in [0.717, 1.165) is 36.0 Å². The van der Waals surface area contributed by atoms with E-state index in [1.54, 1.807) is 0 Å². The topological polar surface area (TPSA) is 12.0 Å². The van der Waals surface area contributed by atoms with Gasteiger partial charge in [0.1, 0.15) is 5.82 Å². The zero-order valence-corrected chi connectivity index (χ0v) is 9.90. The summed E-state index contributed by atoms with van der Waals surface area (Å²) in [6, 6.07) is 5.24. The first-order chi connectivity index (χ1) is 6.74. The first kappa shape index (κ1) is 11.7. The minimum absolute atomic E-state index is 0.115. The zero-order valence-electron chi connectivity index (χ0n) is 8.32. The van der Waals surface area contributed by atoms with Gasteiger partial charge in [-0.25, -0.2) is 4.39 Å². The molecule has 0 heterocycles. The van der Waals surface area contributed by atoms with Crippen molar-refractivity contribution in [2.24, 2.45) is 0 Å². The van der Waals surface area contributed by atoms with Gasteiger partial charge in [-0.2, -0.15) is 0 Å². The number of aryl methyl sites for hydroxylation is 1. The molecule has 14 heavy (non-hydrogen) atoms. The Morgan fingerprint density at radius 3 is 2.86 bits per heavy atom. The summed E-state index contributed by atoms with van der Waals surface area (Å²) in [5.74, 6) is -0.115. The van der Waals surface area contributed by atoms with Crippen LogP contribution in [0.1, 0.15) is 18.9 Å². The lowest BCUT2D eigenvalue weighted by Crippen LogP contribution is -2.14. The maximum absolute atomic E-state index is 13.3. The molecule has 1 aromatic rings. The molecule has 0 aliphatic heterocycles. The van der Waals surface area contributed by atoms with Crippen molar-refractivity contribution in [2.75, 3.05) is 13.1 Å². The van der Waals surface area contributed by atoms with Gasteiger partial charge in [-0.15, -0.1) is 0 Å². The van der Waals surface area contributed by atoms with Gasteiger partial charge in [-0.05, 0) is 43.6 Å². The Bertz CT molecular complexity index is 289. The highest BCUT2D eigenvalue weighted by molar-refractivity contribution is 9.10. The van der Waals surface area contributed by atoms with Gasteiger partial charge in [0, 0.05) is 4.47 Å². The van der Waals surface area contributed by atoms with Gasteiger partial charge in [0.05, 0.1) is 0 Å². The molecule has 0 saturated carbocycles. The third kappa shape index (κ3) is 3.76. The summed E-state index contributed by atoms with van der Waals surface area (Å²) in [7, 11) is 0. The van der Waals surface area contributed by atoms with Gasteiger partial charge in [0.15, 0.2) is 0 Å². The number of hydrogen-bond acceptors (Lipinski definition) is 1. The average Bonchev–Trinajstić information content (AvgIpc) is 2.15. The van der Waals surface area contributed by atoms with E-state index >= 15 is 0 Å². The Kier molecular flexibility index (Phi) is 5.12. The monoisotopic (exact) mass is 259 g/mol. The predicted octanol–water partition coefficient (Wildman–Crippen LogP) is 3.13. The third-order valence-corrected chi connectivity index (χ3v) is 2.56. The lowest BCUT2D eigenvalue weighted by Gasteiger charge is -2.04. The molecule has 1 N–H and O–H groups in total. The molecule has 0 bridgehead atoms. The summed E-state index contributed by atoms with van der Waals surface area (Å²) in [5.41, 5.74) is 0.797. The Morgan fingerprint density at radius 1 is 1.43 bits per heavy atom. The van der Waals surface area contributed by atoms with Crippen molar-refractivity contribution in [3.63, 3.8) is 0 Å². The van der Waals surface area contributed by atoms with E-state index in [1.165, 1.54) is 6.07 Å². The van der Waals surface area contributed by atoms with Gasteiger partial charge < -0.3 is 5.32 Å². The van der Waals surface area contributed by atoms with Crippen LogP contribution in [0.25, 0.3) is 0 Å². The van der Waals surface area contributed by atoms with E-state index in [1.807, 2.05) is 12.1 Å². The largest absolute Gasteiger partial charge is 0.317 e. The smallest absolute Gasteiger partial charge is 0.127 e. The first-order valence-corrected chi connectivity index (χ1v) is 5.68. The summed E-state index contributed by atoms with van der Waals surface area (Å²) < 4.78 is 14.1. The van der Waals surface area contributed by atoms with Crippen LogP contribution in [0, 0.1) is 5.82 Å². The number of rotatable bonds is 5. The molecule has 0 saturated heterocycles. The van der Waals surface area contributed by atoms with Gasteiger partial charge in [-0.3, -0.25) is 0 Å². The number of halogens is 2. The fourth-order valence-electron chi connectivity index (χ4n) is 1.31. The highest BCUT2D eigenvalue weighted by Crippen LogP contribution is 2.16. The SMILES string of the molecule is CCNCCCc1ccc(Br)cc1F. The van der Waals surface area contributed by atoms with E-state index in [9.17, 15) is 4.39 Å². The Morgan fingerprint density at radius 2 is 2.21 bits per heavy atom. The molecular formula is C11H15BrFN. The van der Waals surface area contributed by atoms with E-state index in [-0.39, 0.29) is 5.82 Å². The molecule has 0 fully saturated rings. The lowest BCUT2D eigenvalue weighted by molar-refractivity contribution is 0.596. The van der Waals surface area contributed by atoms with E-state index in [2.05, 4.69) is 28.2 Å². The predicted molar refractivity (Wildman–Crippen MR) is 61.0 cm³/mol. The van der Waals surface area contributed by atoms with Crippen molar-refractivity contribution in [2.45, 2.75) is 19.8 Å². The van der Waals surface area contributed by atoms with Crippen molar-refractivity contribution < 1.29 is 4.39 Å². The van der Waals surface area contributed by atoms with Crippen LogP contribution in [-0.4, -0.2) is 13.1 Å². The average molecular weight is 260 g/mol. The molecule has 3 heteroatoms. The minimum Gasteiger partial charge on any atom is -0.317 e. The van der Waals surface area contributed by atoms with Crippen molar-refractivity contribution >= 4 is 15.9 Å². The quantitative estimate of drug-likeness (QED) is 0.802. The summed E-state index contributed by atoms with van der Waals surface area (Å²) in [6.45, 7) is 4.00. The highest BCUT2D eigenvalue weighted by atomic mass is 79.9. The van der Waals surface area contributed by atoms with Crippen LogP contribution in [0.15, 0.2) is 22.7 Å². The van der Waals surface area contributed by atoms with Crippen molar-refractivity contribution in [3.8, 4) is 0 Å². The van der Waals surface area contributed by atoms with Crippen LogP contribution >= 0.6 is 15.9 Å². The molecule has 0 unspecified atom stereocenters. The summed E-state index contributed by atoms with van der Waals surface area (Å²) in [4.78, 5) is 0. The van der Waals surface area contributed by atoms with E-state index < -0.39 is 0 Å². The third-order valence-electron chi connectivity index (χ3n) is 2.06. The van der Waals surface area contributed by atoms with Crippen LogP contribution in [0.5, 0.6) is 0 Å². The van der Waals surface area contributed by atoms with Gasteiger partial charge in [0.2, 0.25) is 0 Å². The molecule has 0 aliphatic rings. The van der Waals surface area contributed by atoms with Crippen LogP contribution < -0.4 is 5.32 Å². The Balaban J connectivity index is 2.42. The molecule has 0 atom stereocenters. The minimum atomic E-state index is -0.115. The molecular weight excluding hydrogens is 245 g/mol. The maximum Gasteiger partial charge on any atom is 0.127 e. The van der Waals surface area contributed by atoms with E-state index in [0.29, 0.717) is 0 Å². The fourth-order valence-corrected chi connectivity index (χ4v) is 1.64. The van der Waals surface area contributed by atoms with Crippen LogP contribution in [0.4, 0.5) is 4.39 Å². The molecule has 0 aromatic heterocycles. The second-order valence-corrected chi connectivity index (χ2v) is 4.11. The molecule has 1 aromatic carbocycles. The first-order valence-electron chi connectivity index (χ1n) is 4.88. The fraction of sp³-hybridized carbons (Fsp3) is 0.455. The molecule has 0 aliphatic carbocycles. The number of hydrogen-bond donors (Lipinski definition) is 1. The molecule has 1 nitrogen and oxygen atoms in total. The Hall–Kier alpha value is -0.410. The maximum atomic E-state index is 13.3. The lowest BCUT2D eigenvalue weighted by atomic mass is 10.1. The highest BCUT2D eigenvalue weighted by Gasteiger charge is 2.01.